The van der Waals surface area contributed by atoms with Crippen LogP contribution in [0.25, 0.3) is 0 Å². The van der Waals surface area contributed by atoms with Gasteiger partial charge in [0.1, 0.15) is 11.6 Å². The summed E-state index contributed by atoms with van der Waals surface area (Å²) in [5.41, 5.74) is 5.67. The van der Waals surface area contributed by atoms with Crippen molar-refractivity contribution in [2.75, 3.05) is 0 Å². The molecule has 0 saturated carbocycles. The quantitative estimate of drug-likeness (QED) is 0.776. The van der Waals surface area contributed by atoms with Crippen LogP contribution < -0.4 is 5.73 Å². The summed E-state index contributed by atoms with van der Waals surface area (Å²) >= 11 is 0. The van der Waals surface area contributed by atoms with Crippen LogP contribution in [0.15, 0.2) is 30.0 Å². The Labute approximate surface area is 86.4 Å². The van der Waals surface area contributed by atoms with Crippen molar-refractivity contribution < 1.29 is 13.6 Å². The summed E-state index contributed by atoms with van der Waals surface area (Å²) in [6.07, 6.45) is 1.02. The highest BCUT2D eigenvalue weighted by Gasteiger charge is 2.07. The molecule has 0 radical (unpaired) electrons. The molecule has 0 aliphatic carbocycles. The lowest BCUT2D eigenvalue weighted by molar-refractivity contribution is -0.114. The summed E-state index contributed by atoms with van der Waals surface area (Å²) in [5, 5.41) is 0. The zero-order valence-corrected chi connectivity index (χ0v) is 8.26. The number of carbonyl (C=O) groups is 1. The first-order chi connectivity index (χ1) is 6.99. The van der Waals surface area contributed by atoms with E-state index in [1.165, 1.54) is 6.08 Å². The van der Waals surface area contributed by atoms with Gasteiger partial charge in [-0.1, -0.05) is 0 Å². The van der Waals surface area contributed by atoms with Crippen LogP contribution in [0.5, 0.6) is 0 Å². The molecule has 15 heavy (non-hydrogen) atoms. The molecule has 0 heterocycles. The van der Waals surface area contributed by atoms with E-state index in [1.807, 2.05) is 0 Å². The van der Waals surface area contributed by atoms with Crippen LogP contribution >= 0.6 is 0 Å². The lowest BCUT2D eigenvalue weighted by Gasteiger charge is -2.00. The second kappa shape index (κ2) is 4.68. The van der Waals surface area contributed by atoms with Crippen LogP contribution in [0.1, 0.15) is 12.5 Å². The first-order valence-electron chi connectivity index (χ1n) is 4.39. The molecule has 0 saturated heterocycles. The summed E-state index contributed by atoms with van der Waals surface area (Å²) in [5.74, 6) is -1.50. The number of rotatable bonds is 3. The molecule has 0 spiro atoms. The number of hydrogen-bond donors (Lipinski definition) is 1. The van der Waals surface area contributed by atoms with Gasteiger partial charge in [-0.2, -0.15) is 0 Å². The zero-order valence-electron chi connectivity index (χ0n) is 8.26. The predicted octanol–water partition coefficient (Wildman–Crippen LogP) is 1.94. The molecule has 1 rings (SSSR count). The highest BCUT2D eigenvalue weighted by Crippen LogP contribution is 2.10. The summed E-state index contributed by atoms with van der Waals surface area (Å²) in [4.78, 5) is 11.2. The van der Waals surface area contributed by atoms with Gasteiger partial charge in [0.25, 0.3) is 0 Å². The fourth-order valence-electron chi connectivity index (χ4n) is 1.17. The van der Waals surface area contributed by atoms with Gasteiger partial charge in [0.2, 0.25) is 0 Å². The van der Waals surface area contributed by atoms with Gasteiger partial charge in [-0.05, 0) is 36.8 Å². The minimum absolute atomic E-state index is 0.0394. The number of hydrogen-bond acceptors (Lipinski definition) is 2. The summed E-state index contributed by atoms with van der Waals surface area (Å²) in [6, 6.07) is 3.01. The maximum atomic E-state index is 13.1. The second-order valence-corrected chi connectivity index (χ2v) is 3.27. The number of halogens is 2. The topological polar surface area (TPSA) is 43.1 Å². The molecule has 0 amide bonds. The van der Waals surface area contributed by atoms with E-state index in [9.17, 15) is 13.6 Å². The van der Waals surface area contributed by atoms with Gasteiger partial charge < -0.3 is 5.73 Å². The number of carbonyl (C=O) groups excluding carboxylic acids is 1. The second-order valence-electron chi connectivity index (χ2n) is 3.27. The Morgan fingerprint density at radius 2 is 2.13 bits per heavy atom. The van der Waals surface area contributed by atoms with E-state index in [-0.39, 0.29) is 17.8 Å². The van der Waals surface area contributed by atoms with Crippen LogP contribution in [0, 0.1) is 11.6 Å². The minimum atomic E-state index is -0.590. The molecule has 0 unspecified atom stereocenters. The Morgan fingerprint density at radius 3 is 2.73 bits per heavy atom. The van der Waals surface area contributed by atoms with Crippen molar-refractivity contribution in [2.24, 2.45) is 5.73 Å². The van der Waals surface area contributed by atoms with Gasteiger partial charge in [-0.15, -0.1) is 0 Å². The first kappa shape index (κ1) is 11.4. The van der Waals surface area contributed by atoms with Gasteiger partial charge in [0.05, 0.1) is 0 Å². The highest BCUT2D eigenvalue weighted by atomic mass is 19.1. The Balaban J connectivity index is 2.85. The van der Waals surface area contributed by atoms with Crippen molar-refractivity contribution in [3.05, 3.63) is 47.2 Å². The van der Waals surface area contributed by atoms with Crippen molar-refractivity contribution in [2.45, 2.75) is 13.3 Å². The normalized spacial score (nSPS) is 11.5. The standard InChI is InChI=1S/C11H11F2NO/c1-7(14)4-10(15)6-8-5-9(12)2-3-11(8)13/h2-5H,6,14H2,1H3/b7-4-. The van der Waals surface area contributed by atoms with Crippen LogP contribution in [-0.2, 0) is 11.2 Å². The Bertz CT molecular complexity index is 409. The van der Waals surface area contributed by atoms with Crippen molar-refractivity contribution >= 4 is 5.78 Å². The number of allylic oxidation sites excluding steroid dienone is 2. The molecule has 0 aromatic heterocycles. The molecule has 2 nitrogen and oxygen atoms in total. The molecule has 1 aromatic carbocycles. The molecule has 0 fully saturated rings. The van der Waals surface area contributed by atoms with E-state index in [4.69, 9.17) is 5.73 Å². The number of benzene rings is 1. The van der Waals surface area contributed by atoms with Gasteiger partial charge in [0, 0.05) is 12.1 Å². The van der Waals surface area contributed by atoms with Crippen molar-refractivity contribution in [3.8, 4) is 0 Å². The lowest BCUT2D eigenvalue weighted by atomic mass is 10.1. The smallest absolute Gasteiger partial charge is 0.161 e. The molecule has 0 aliphatic heterocycles. The van der Waals surface area contributed by atoms with Crippen LogP contribution in [-0.4, -0.2) is 5.78 Å². The fraction of sp³-hybridized carbons (Fsp3) is 0.182. The largest absolute Gasteiger partial charge is 0.402 e. The van der Waals surface area contributed by atoms with Crippen LogP contribution in [0.2, 0.25) is 0 Å². The van der Waals surface area contributed by atoms with E-state index < -0.39 is 11.6 Å². The Morgan fingerprint density at radius 1 is 1.47 bits per heavy atom. The molecular weight excluding hydrogens is 200 g/mol. The fourth-order valence-corrected chi connectivity index (χ4v) is 1.17. The van der Waals surface area contributed by atoms with E-state index in [0.717, 1.165) is 18.2 Å². The average Bonchev–Trinajstić information content (AvgIpc) is 2.10. The van der Waals surface area contributed by atoms with E-state index >= 15 is 0 Å². The third-order valence-electron chi connectivity index (χ3n) is 1.76. The third kappa shape index (κ3) is 3.50. The molecule has 0 aliphatic rings. The number of nitrogens with two attached hydrogens (primary N) is 1. The number of ketones is 1. The molecule has 0 bridgehead atoms. The molecule has 80 valence electrons. The molecule has 4 heteroatoms. The van der Waals surface area contributed by atoms with Gasteiger partial charge in [-0.3, -0.25) is 4.79 Å². The Kier molecular flexibility index (Phi) is 3.55. The molecular formula is C11H11F2NO. The van der Waals surface area contributed by atoms with Crippen molar-refractivity contribution in [3.63, 3.8) is 0 Å². The average molecular weight is 211 g/mol. The maximum Gasteiger partial charge on any atom is 0.161 e. The lowest BCUT2D eigenvalue weighted by Crippen LogP contribution is -2.04. The monoisotopic (exact) mass is 211 g/mol. The zero-order chi connectivity index (χ0) is 11.4. The Hall–Kier alpha value is -1.71. The maximum absolute atomic E-state index is 13.1. The van der Waals surface area contributed by atoms with Crippen LogP contribution in [0.4, 0.5) is 8.78 Å². The minimum Gasteiger partial charge on any atom is -0.402 e. The summed E-state index contributed by atoms with van der Waals surface area (Å²) in [6.45, 7) is 1.56. The first-order valence-corrected chi connectivity index (χ1v) is 4.39. The van der Waals surface area contributed by atoms with Gasteiger partial charge in [0.15, 0.2) is 5.78 Å². The van der Waals surface area contributed by atoms with E-state index in [0.29, 0.717) is 5.70 Å². The summed E-state index contributed by atoms with van der Waals surface area (Å²) in [7, 11) is 0. The van der Waals surface area contributed by atoms with Crippen LogP contribution in [0.3, 0.4) is 0 Å². The van der Waals surface area contributed by atoms with Crippen molar-refractivity contribution in [1.82, 2.24) is 0 Å². The SMILES string of the molecule is C/C(N)=C/C(=O)Cc1cc(F)ccc1F. The van der Waals surface area contributed by atoms with E-state index in [2.05, 4.69) is 0 Å². The van der Waals surface area contributed by atoms with Gasteiger partial charge >= 0.3 is 0 Å². The molecule has 2 N–H and O–H groups in total. The van der Waals surface area contributed by atoms with E-state index in [1.54, 1.807) is 6.92 Å². The summed E-state index contributed by atoms with van der Waals surface area (Å²) < 4.78 is 25.8. The van der Waals surface area contributed by atoms with Crippen molar-refractivity contribution in [1.29, 1.82) is 0 Å². The highest BCUT2D eigenvalue weighted by molar-refractivity contribution is 5.91. The van der Waals surface area contributed by atoms with Gasteiger partial charge in [-0.25, -0.2) is 8.78 Å². The third-order valence-corrected chi connectivity index (χ3v) is 1.76. The predicted molar refractivity (Wildman–Crippen MR) is 53.0 cm³/mol. The molecule has 1 aromatic rings. The molecule has 0 atom stereocenters.